The molecule has 0 aliphatic heterocycles. The molecule has 4 heteroatoms. The SMILES string of the molecule is C[C@]12CCCCC1CC[C@@H]1[C@@H]2CC[C@]2(C)C(c3[nH]nc4cncnc34)CC[C@@H]12. The Hall–Kier alpha value is -1.45. The molecule has 6 rings (SSSR count). The van der Waals surface area contributed by atoms with Gasteiger partial charge >= 0.3 is 0 Å². The first kappa shape index (κ1) is 17.4. The zero-order valence-electron chi connectivity index (χ0n) is 17.5. The standard InChI is InChI=1S/C24H34N4/c1-23-11-4-3-5-15(23)6-7-16-17-8-9-19(24(17,2)12-10-18(16)23)21-22-20(27-28-21)13-25-14-26-22/h13-19H,3-12H2,1-2H3,(H,27,28)/t15?,16-,17-,18-,19?,23-,24-/m0/s1. The van der Waals surface area contributed by atoms with Crippen LogP contribution in [-0.2, 0) is 0 Å². The van der Waals surface area contributed by atoms with Crippen molar-refractivity contribution in [3.05, 3.63) is 18.2 Å². The normalized spacial score (nSPS) is 45.4. The molecule has 0 radical (unpaired) electrons. The van der Waals surface area contributed by atoms with Crippen molar-refractivity contribution in [2.45, 2.75) is 84.0 Å². The highest BCUT2D eigenvalue weighted by molar-refractivity contribution is 5.76. The Balaban J connectivity index is 1.35. The van der Waals surface area contributed by atoms with Gasteiger partial charge in [-0.3, -0.25) is 5.10 Å². The molecule has 0 amide bonds. The highest BCUT2D eigenvalue weighted by Crippen LogP contribution is 2.69. The van der Waals surface area contributed by atoms with E-state index < -0.39 is 0 Å². The first-order valence-corrected chi connectivity index (χ1v) is 11.8. The Morgan fingerprint density at radius 2 is 1.82 bits per heavy atom. The summed E-state index contributed by atoms with van der Waals surface area (Å²) in [6.45, 7) is 5.29. The molecule has 2 heterocycles. The maximum absolute atomic E-state index is 4.60. The zero-order valence-corrected chi connectivity index (χ0v) is 17.5. The van der Waals surface area contributed by atoms with Crippen LogP contribution < -0.4 is 0 Å². The van der Waals surface area contributed by atoms with E-state index >= 15 is 0 Å². The number of nitrogens with one attached hydrogen (secondary N) is 1. The fourth-order valence-electron chi connectivity index (χ4n) is 8.80. The summed E-state index contributed by atoms with van der Waals surface area (Å²) in [7, 11) is 0. The summed E-state index contributed by atoms with van der Waals surface area (Å²) >= 11 is 0. The average Bonchev–Trinajstić information content (AvgIpc) is 3.28. The summed E-state index contributed by atoms with van der Waals surface area (Å²) < 4.78 is 0. The van der Waals surface area contributed by atoms with Gasteiger partial charge in [-0.1, -0.05) is 26.7 Å². The molecule has 0 bridgehead atoms. The minimum absolute atomic E-state index is 0.406. The van der Waals surface area contributed by atoms with Gasteiger partial charge in [-0.15, -0.1) is 0 Å². The van der Waals surface area contributed by atoms with Crippen molar-refractivity contribution in [3.63, 3.8) is 0 Å². The van der Waals surface area contributed by atoms with Crippen molar-refractivity contribution < 1.29 is 0 Å². The van der Waals surface area contributed by atoms with Crippen molar-refractivity contribution in [2.24, 2.45) is 34.5 Å². The van der Waals surface area contributed by atoms with E-state index in [1.54, 1.807) is 6.33 Å². The van der Waals surface area contributed by atoms with E-state index in [-0.39, 0.29) is 0 Å². The fraction of sp³-hybridized carbons (Fsp3) is 0.792. The third-order valence-electron chi connectivity index (χ3n) is 10.2. The maximum Gasteiger partial charge on any atom is 0.129 e. The van der Waals surface area contributed by atoms with Crippen LogP contribution in [0.2, 0.25) is 0 Å². The maximum atomic E-state index is 4.60. The number of rotatable bonds is 1. The van der Waals surface area contributed by atoms with Crippen molar-refractivity contribution in [2.75, 3.05) is 0 Å². The van der Waals surface area contributed by atoms with Gasteiger partial charge in [0.2, 0.25) is 0 Å². The van der Waals surface area contributed by atoms with Crippen LogP contribution in [0.15, 0.2) is 12.5 Å². The number of hydrogen-bond acceptors (Lipinski definition) is 3. The molecule has 0 spiro atoms. The van der Waals surface area contributed by atoms with Gasteiger partial charge in [0.1, 0.15) is 17.4 Å². The largest absolute Gasteiger partial charge is 0.279 e. The third-order valence-corrected chi connectivity index (χ3v) is 10.2. The number of fused-ring (bicyclic) bond motifs is 6. The first-order chi connectivity index (χ1) is 13.6. The van der Waals surface area contributed by atoms with Crippen LogP contribution in [-0.4, -0.2) is 20.2 Å². The van der Waals surface area contributed by atoms with Gasteiger partial charge in [0.15, 0.2) is 0 Å². The molecule has 0 saturated heterocycles. The highest BCUT2D eigenvalue weighted by Gasteiger charge is 2.60. The van der Waals surface area contributed by atoms with Crippen LogP contribution in [0.1, 0.15) is 89.7 Å². The molecule has 2 unspecified atom stereocenters. The molecule has 4 nitrogen and oxygen atoms in total. The van der Waals surface area contributed by atoms with E-state index in [9.17, 15) is 0 Å². The third kappa shape index (κ3) is 2.21. The van der Waals surface area contributed by atoms with E-state index in [4.69, 9.17) is 0 Å². The number of nitrogens with zero attached hydrogens (tertiary/aromatic N) is 3. The lowest BCUT2D eigenvalue weighted by Crippen LogP contribution is -2.52. The van der Waals surface area contributed by atoms with Gasteiger partial charge in [-0.2, -0.15) is 5.10 Å². The molecule has 4 aliphatic rings. The molecule has 2 aromatic rings. The molecule has 4 fully saturated rings. The van der Waals surface area contributed by atoms with E-state index in [0.717, 1.165) is 34.7 Å². The predicted octanol–water partition coefficient (Wildman–Crippen LogP) is 5.87. The summed E-state index contributed by atoms with van der Waals surface area (Å²) in [4.78, 5) is 8.75. The smallest absolute Gasteiger partial charge is 0.129 e. The first-order valence-electron chi connectivity index (χ1n) is 11.8. The minimum atomic E-state index is 0.406. The summed E-state index contributed by atoms with van der Waals surface area (Å²) in [5.41, 5.74) is 4.32. The topological polar surface area (TPSA) is 54.5 Å². The van der Waals surface area contributed by atoms with E-state index in [1.165, 1.54) is 69.9 Å². The lowest BCUT2D eigenvalue weighted by atomic mass is 9.45. The Kier molecular flexibility index (Phi) is 3.75. The van der Waals surface area contributed by atoms with Crippen molar-refractivity contribution in [1.29, 1.82) is 0 Å². The molecular weight excluding hydrogens is 344 g/mol. The number of aromatic amines is 1. The van der Waals surface area contributed by atoms with Gasteiger partial charge in [0.05, 0.1) is 11.9 Å². The van der Waals surface area contributed by atoms with Crippen molar-refractivity contribution in [1.82, 2.24) is 20.2 Å². The summed E-state index contributed by atoms with van der Waals surface area (Å²) in [6, 6.07) is 0. The fourth-order valence-corrected chi connectivity index (χ4v) is 8.80. The predicted molar refractivity (Wildman–Crippen MR) is 111 cm³/mol. The van der Waals surface area contributed by atoms with Crippen molar-refractivity contribution in [3.8, 4) is 0 Å². The van der Waals surface area contributed by atoms with Gasteiger partial charge < -0.3 is 0 Å². The van der Waals surface area contributed by atoms with Crippen LogP contribution >= 0.6 is 0 Å². The summed E-state index contributed by atoms with van der Waals surface area (Å²) in [5.74, 6) is 4.40. The van der Waals surface area contributed by atoms with E-state index in [1.807, 2.05) is 6.20 Å². The Labute approximate surface area is 168 Å². The molecule has 28 heavy (non-hydrogen) atoms. The molecule has 150 valence electrons. The van der Waals surface area contributed by atoms with E-state index in [2.05, 4.69) is 34.0 Å². The molecule has 2 aromatic heterocycles. The Bertz CT molecular complexity index is 890. The van der Waals surface area contributed by atoms with Crippen LogP contribution in [0.5, 0.6) is 0 Å². The highest BCUT2D eigenvalue weighted by atomic mass is 15.1. The zero-order chi connectivity index (χ0) is 18.9. The van der Waals surface area contributed by atoms with Crippen LogP contribution in [0.25, 0.3) is 11.0 Å². The number of H-pyrrole nitrogens is 1. The second-order valence-corrected chi connectivity index (χ2v) is 11.0. The minimum Gasteiger partial charge on any atom is -0.279 e. The van der Waals surface area contributed by atoms with Gasteiger partial charge in [-0.05, 0) is 85.9 Å². The second kappa shape index (κ2) is 6.03. The summed E-state index contributed by atoms with van der Waals surface area (Å²) in [6.07, 6.45) is 18.0. The number of hydrogen-bond donors (Lipinski definition) is 1. The van der Waals surface area contributed by atoms with Crippen LogP contribution in [0.4, 0.5) is 0 Å². The monoisotopic (exact) mass is 378 g/mol. The molecule has 4 aliphatic carbocycles. The Morgan fingerprint density at radius 1 is 0.929 bits per heavy atom. The molecule has 1 N–H and O–H groups in total. The van der Waals surface area contributed by atoms with Crippen LogP contribution in [0.3, 0.4) is 0 Å². The average molecular weight is 379 g/mol. The van der Waals surface area contributed by atoms with Gasteiger partial charge in [-0.25, -0.2) is 9.97 Å². The summed E-state index contributed by atoms with van der Waals surface area (Å²) in [5, 5.41) is 7.91. The van der Waals surface area contributed by atoms with E-state index in [0.29, 0.717) is 16.7 Å². The lowest BCUT2D eigenvalue weighted by Gasteiger charge is -2.60. The van der Waals surface area contributed by atoms with Gasteiger partial charge in [0.25, 0.3) is 0 Å². The Morgan fingerprint density at radius 3 is 2.75 bits per heavy atom. The molecular formula is C24H34N4. The van der Waals surface area contributed by atoms with Gasteiger partial charge in [0, 0.05) is 5.92 Å². The van der Waals surface area contributed by atoms with Crippen LogP contribution in [0, 0.1) is 34.5 Å². The lowest BCUT2D eigenvalue weighted by molar-refractivity contribution is -0.106. The quantitative estimate of drug-likeness (QED) is 0.675. The van der Waals surface area contributed by atoms with Crippen molar-refractivity contribution >= 4 is 11.0 Å². The molecule has 0 aromatic carbocycles. The number of aromatic nitrogens is 4. The molecule has 4 saturated carbocycles. The molecule has 7 atom stereocenters. The second-order valence-electron chi connectivity index (χ2n) is 11.0.